The lowest BCUT2D eigenvalue weighted by Crippen LogP contribution is -2.49. The van der Waals surface area contributed by atoms with Crippen LogP contribution in [-0.4, -0.2) is 67.6 Å². The second-order valence-corrected chi connectivity index (χ2v) is 9.65. The Kier molecular flexibility index (Phi) is 7.96. The van der Waals surface area contributed by atoms with Crippen molar-refractivity contribution in [1.82, 2.24) is 9.80 Å². The minimum atomic E-state index is -0.432. The summed E-state index contributed by atoms with van der Waals surface area (Å²) in [5, 5.41) is 0.734. The Morgan fingerprint density at radius 2 is 1.62 bits per heavy atom. The molecule has 0 unspecified atom stereocenters. The lowest BCUT2D eigenvalue weighted by molar-refractivity contribution is -0.139. The summed E-state index contributed by atoms with van der Waals surface area (Å²) in [7, 11) is 0. The van der Waals surface area contributed by atoms with Crippen LogP contribution in [0, 0.1) is 11.2 Å². The van der Waals surface area contributed by atoms with E-state index in [0.717, 1.165) is 0 Å². The molecule has 182 valence electrons. The maximum Gasteiger partial charge on any atom is 0.253 e. The van der Waals surface area contributed by atoms with Gasteiger partial charge in [0.1, 0.15) is 11.6 Å². The summed E-state index contributed by atoms with van der Waals surface area (Å²) in [5.41, 5.74) is 0.0481. The van der Waals surface area contributed by atoms with Crippen molar-refractivity contribution in [2.75, 3.05) is 46.0 Å². The van der Waals surface area contributed by atoms with Gasteiger partial charge in [0, 0.05) is 43.6 Å². The van der Waals surface area contributed by atoms with Crippen molar-refractivity contribution >= 4 is 35.0 Å². The van der Waals surface area contributed by atoms with Crippen LogP contribution in [-0.2, 0) is 9.53 Å². The minimum Gasteiger partial charge on any atom is -0.493 e. The minimum absolute atomic E-state index is 0.0651. The quantitative estimate of drug-likeness (QED) is 0.568. The molecule has 0 aromatic heterocycles. The first-order chi connectivity index (χ1) is 16.3. The fraction of sp³-hybridized carbons (Fsp3) is 0.440. The maximum atomic E-state index is 13.3. The van der Waals surface area contributed by atoms with E-state index < -0.39 is 5.41 Å². The Morgan fingerprint density at radius 3 is 2.26 bits per heavy atom. The number of morpholine rings is 1. The summed E-state index contributed by atoms with van der Waals surface area (Å²) in [4.78, 5) is 29.7. The summed E-state index contributed by atoms with van der Waals surface area (Å²) in [6.45, 7) is 3.52. The van der Waals surface area contributed by atoms with Crippen LogP contribution in [0.1, 0.15) is 29.6 Å². The van der Waals surface area contributed by atoms with Gasteiger partial charge in [0.15, 0.2) is 0 Å². The Morgan fingerprint density at radius 1 is 0.941 bits per heavy atom. The van der Waals surface area contributed by atoms with Crippen molar-refractivity contribution in [2.45, 2.75) is 19.3 Å². The third-order valence-electron chi connectivity index (χ3n) is 6.53. The van der Waals surface area contributed by atoms with E-state index in [9.17, 15) is 14.0 Å². The third-order valence-corrected chi connectivity index (χ3v) is 7.27. The van der Waals surface area contributed by atoms with Crippen molar-refractivity contribution < 1.29 is 23.5 Å². The first-order valence-corrected chi connectivity index (χ1v) is 12.1. The maximum absolute atomic E-state index is 13.3. The molecule has 0 bridgehead atoms. The van der Waals surface area contributed by atoms with Gasteiger partial charge in [0.25, 0.3) is 5.91 Å². The molecular formula is C25H27Cl2FN2O4. The number of carbonyl (C=O) groups excluding carboxylic acids is 2. The van der Waals surface area contributed by atoms with Crippen LogP contribution in [0.5, 0.6) is 5.75 Å². The molecule has 34 heavy (non-hydrogen) atoms. The third kappa shape index (κ3) is 6.01. The molecule has 4 rings (SSSR count). The van der Waals surface area contributed by atoms with Gasteiger partial charge in [-0.25, -0.2) is 4.39 Å². The Balaban J connectivity index is 1.45. The van der Waals surface area contributed by atoms with E-state index >= 15 is 0 Å². The Bertz CT molecular complexity index is 1020. The van der Waals surface area contributed by atoms with Crippen LogP contribution in [0.15, 0.2) is 42.5 Å². The van der Waals surface area contributed by atoms with Crippen LogP contribution >= 0.6 is 23.2 Å². The topological polar surface area (TPSA) is 59.1 Å². The van der Waals surface area contributed by atoms with Gasteiger partial charge in [-0.2, -0.15) is 0 Å². The van der Waals surface area contributed by atoms with E-state index in [0.29, 0.717) is 86.6 Å². The van der Waals surface area contributed by atoms with Gasteiger partial charge in [0.2, 0.25) is 5.91 Å². The molecule has 6 nitrogen and oxygen atoms in total. The summed E-state index contributed by atoms with van der Waals surface area (Å²) < 4.78 is 24.6. The second kappa shape index (κ2) is 10.9. The molecule has 2 aromatic rings. The predicted molar refractivity (Wildman–Crippen MR) is 128 cm³/mol. The fourth-order valence-electron chi connectivity index (χ4n) is 4.38. The molecule has 2 heterocycles. The molecule has 2 aliphatic rings. The molecule has 0 saturated carbocycles. The summed E-state index contributed by atoms with van der Waals surface area (Å²) in [6, 6.07) is 10.7. The Hall–Kier alpha value is -2.35. The van der Waals surface area contributed by atoms with Gasteiger partial charge in [-0.1, -0.05) is 23.2 Å². The molecule has 0 atom stereocenters. The highest BCUT2D eigenvalue weighted by Crippen LogP contribution is 2.37. The lowest BCUT2D eigenvalue weighted by atomic mass is 9.75. The van der Waals surface area contributed by atoms with Crippen LogP contribution in [0.3, 0.4) is 0 Å². The van der Waals surface area contributed by atoms with E-state index in [1.54, 1.807) is 35.2 Å². The van der Waals surface area contributed by atoms with Gasteiger partial charge in [-0.05, 0) is 55.3 Å². The number of carbonyl (C=O) groups is 2. The molecule has 0 aliphatic carbocycles. The van der Waals surface area contributed by atoms with Crippen molar-refractivity contribution in [2.24, 2.45) is 5.41 Å². The zero-order valence-corrected chi connectivity index (χ0v) is 20.3. The number of halogens is 3. The molecule has 2 aliphatic heterocycles. The van der Waals surface area contributed by atoms with Crippen molar-refractivity contribution in [3.05, 3.63) is 63.9 Å². The monoisotopic (exact) mass is 508 g/mol. The zero-order chi connectivity index (χ0) is 24.1. The van der Waals surface area contributed by atoms with E-state index in [1.165, 1.54) is 12.1 Å². The highest BCUT2D eigenvalue weighted by Gasteiger charge is 2.40. The van der Waals surface area contributed by atoms with Crippen LogP contribution in [0.25, 0.3) is 0 Å². The van der Waals surface area contributed by atoms with Gasteiger partial charge in [-0.3, -0.25) is 9.59 Å². The average molecular weight is 509 g/mol. The first-order valence-electron chi connectivity index (χ1n) is 11.3. The van der Waals surface area contributed by atoms with Gasteiger partial charge in [0.05, 0.1) is 29.9 Å². The highest BCUT2D eigenvalue weighted by molar-refractivity contribution is 6.42. The summed E-state index contributed by atoms with van der Waals surface area (Å²) >= 11 is 12.1. The Labute approximate surface area is 208 Å². The zero-order valence-electron chi connectivity index (χ0n) is 18.8. The van der Waals surface area contributed by atoms with Crippen LogP contribution in [0.2, 0.25) is 10.0 Å². The number of ether oxygens (including phenoxy) is 2. The van der Waals surface area contributed by atoms with Crippen molar-refractivity contribution in [3.8, 4) is 5.75 Å². The van der Waals surface area contributed by atoms with Gasteiger partial charge < -0.3 is 19.3 Å². The smallest absolute Gasteiger partial charge is 0.253 e. The second-order valence-electron chi connectivity index (χ2n) is 8.83. The highest BCUT2D eigenvalue weighted by atomic mass is 35.5. The van der Waals surface area contributed by atoms with E-state index in [2.05, 4.69) is 0 Å². The summed E-state index contributed by atoms with van der Waals surface area (Å²) in [5.74, 6) is 0.161. The number of likely N-dealkylation sites (tertiary alicyclic amines) is 1. The number of hydrogen-bond acceptors (Lipinski definition) is 4. The SMILES string of the molecule is O=C(CC1(COc2ccc(F)cc2)CCN(C(=O)c2ccc(Cl)c(Cl)c2)CC1)N1CCOCC1. The molecule has 0 N–H and O–H groups in total. The number of hydrogen-bond donors (Lipinski definition) is 0. The average Bonchev–Trinajstić information content (AvgIpc) is 2.86. The molecule has 9 heteroatoms. The number of rotatable bonds is 6. The fourth-order valence-corrected chi connectivity index (χ4v) is 4.68. The van der Waals surface area contributed by atoms with E-state index in [4.69, 9.17) is 32.7 Å². The number of amides is 2. The van der Waals surface area contributed by atoms with Crippen molar-refractivity contribution in [1.29, 1.82) is 0 Å². The number of piperidine rings is 1. The molecule has 0 spiro atoms. The molecule has 2 saturated heterocycles. The number of benzene rings is 2. The molecule has 0 radical (unpaired) electrons. The first kappa shape index (κ1) is 24.8. The predicted octanol–water partition coefficient (Wildman–Crippen LogP) is 4.68. The standard InChI is InChI=1S/C25H27Cl2FN2O4/c26-21-6-1-18(15-22(21)27)24(32)30-9-7-25(8-10-30,16-23(31)29-11-13-33-14-12-29)17-34-20-4-2-19(28)3-5-20/h1-6,15H,7-14,16-17H2. The normalized spacial score (nSPS) is 18.0. The molecule has 2 fully saturated rings. The summed E-state index contributed by atoms with van der Waals surface area (Å²) in [6.07, 6.45) is 1.54. The number of nitrogens with zero attached hydrogens (tertiary/aromatic N) is 2. The van der Waals surface area contributed by atoms with Crippen LogP contribution < -0.4 is 4.74 Å². The van der Waals surface area contributed by atoms with E-state index in [1.807, 2.05) is 4.90 Å². The lowest BCUT2D eigenvalue weighted by Gasteiger charge is -2.42. The molecular weight excluding hydrogens is 482 g/mol. The van der Waals surface area contributed by atoms with Gasteiger partial charge in [-0.15, -0.1) is 0 Å². The van der Waals surface area contributed by atoms with E-state index in [-0.39, 0.29) is 17.6 Å². The van der Waals surface area contributed by atoms with Gasteiger partial charge >= 0.3 is 0 Å². The van der Waals surface area contributed by atoms with Crippen molar-refractivity contribution in [3.63, 3.8) is 0 Å². The van der Waals surface area contributed by atoms with Crippen LogP contribution in [0.4, 0.5) is 4.39 Å². The molecule has 2 amide bonds. The molecule has 2 aromatic carbocycles. The largest absolute Gasteiger partial charge is 0.493 e.